The number of hydrogen-bond donors (Lipinski definition) is 0. The summed E-state index contributed by atoms with van der Waals surface area (Å²) in [6, 6.07) is 25.1. The fourth-order valence-corrected chi connectivity index (χ4v) is 3.08. The molecule has 0 N–H and O–H groups in total. The second kappa shape index (κ2) is 8.00. The third-order valence-electron chi connectivity index (χ3n) is 3.79. The molecular weight excluding hydrogens is 421 g/mol. The second-order valence-corrected chi connectivity index (χ2v) is 6.64. The van der Waals surface area contributed by atoms with Crippen LogP contribution in [-0.2, 0) is 0 Å². The zero-order valence-electron chi connectivity index (χ0n) is 13.7. The molecule has 0 saturated carbocycles. The van der Waals surface area contributed by atoms with E-state index in [0.717, 1.165) is 20.4 Å². The van der Waals surface area contributed by atoms with Crippen LogP contribution < -0.4 is 4.90 Å². The highest BCUT2D eigenvalue weighted by atomic mass is 127. The fourth-order valence-electron chi connectivity index (χ4n) is 2.46. The maximum atomic E-state index is 12.9. The van der Waals surface area contributed by atoms with Crippen molar-refractivity contribution in [3.8, 4) is 11.8 Å². The predicted octanol–water partition coefficient (Wildman–Crippen LogP) is 4.97. The van der Waals surface area contributed by atoms with E-state index in [2.05, 4.69) is 34.4 Å². The molecule has 0 bridgehead atoms. The highest BCUT2D eigenvalue weighted by Crippen LogP contribution is 2.22. The number of benzene rings is 3. The lowest BCUT2D eigenvalue weighted by molar-refractivity contribution is 0.0992. The number of hydrogen-bond acceptors (Lipinski definition) is 1. The van der Waals surface area contributed by atoms with Crippen LogP contribution in [0, 0.1) is 15.4 Å². The van der Waals surface area contributed by atoms with Gasteiger partial charge in [-0.2, -0.15) is 0 Å². The van der Waals surface area contributed by atoms with Crippen molar-refractivity contribution in [1.82, 2.24) is 0 Å². The van der Waals surface area contributed by atoms with Crippen LogP contribution >= 0.6 is 22.6 Å². The minimum atomic E-state index is -0.0426. The smallest absolute Gasteiger partial charge is 0.259 e. The summed E-state index contributed by atoms with van der Waals surface area (Å²) in [6.07, 6.45) is 0. The Morgan fingerprint density at radius 3 is 2.24 bits per heavy atom. The lowest BCUT2D eigenvalue weighted by Crippen LogP contribution is -2.27. The summed E-state index contributed by atoms with van der Waals surface area (Å²) in [6.45, 7) is 0. The van der Waals surface area contributed by atoms with Gasteiger partial charge in [0.2, 0.25) is 0 Å². The molecular formula is C22H16INO. The quantitative estimate of drug-likeness (QED) is 0.410. The zero-order valence-corrected chi connectivity index (χ0v) is 15.9. The highest BCUT2D eigenvalue weighted by Gasteiger charge is 2.17. The Kier molecular flexibility index (Phi) is 5.52. The first-order valence-corrected chi connectivity index (χ1v) is 8.93. The molecule has 2 nitrogen and oxygen atoms in total. The normalized spacial score (nSPS) is 9.84. The lowest BCUT2D eigenvalue weighted by atomic mass is 10.1. The summed E-state index contributed by atoms with van der Waals surface area (Å²) in [5.41, 5.74) is 3.27. The monoisotopic (exact) mass is 437 g/mol. The highest BCUT2D eigenvalue weighted by molar-refractivity contribution is 14.1. The Balaban J connectivity index is 1.94. The SMILES string of the molecule is CN(C(=O)c1ccccc1I)c1ccccc1C#Cc1ccccc1. The van der Waals surface area contributed by atoms with Gasteiger partial charge in [0.1, 0.15) is 0 Å². The number of carbonyl (C=O) groups excluding carboxylic acids is 1. The second-order valence-electron chi connectivity index (χ2n) is 5.48. The van der Waals surface area contributed by atoms with Crippen molar-refractivity contribution in [1.29, 1.82) is 0 Å². The van der Waals surface area contributed by atoms with Crippen LogP contribution in [-0.4, -0.2) is 13.0 Å². The Morgan fingerprint density at radius 1 is 0.840 bits per heavy atom. The summed E-state index contributed by atoms with van der Waals surface area (Å²) in [5, 5.41) is 0. The molecule has 3 aromatic rings. The van der Waals surface area contributed by atoms with Crippen LogP contribution in [0.2, 0.25) is 0 Å². The van der Waals surface area contributed by atoms with Gasteiger partial charge in [-0.15, -0.1) is 0 Å². The summed E-state index contributed by atoms with van der Waals surface area (Å²) in [7, 11) is 1.79. The lowest BCUT2D eigenvalue weighted by Gasteiger charge is -2.19. The summed E-state index contributed by atoms with van der Waals surface area (Å²) in [5.74, 6) is 6.30. The van der Waals surface area contributed by atoms with Gasteiger partial charge < -0.3 is 4.90 Å². The van der Waals surface area contributed by atoms with Crippen LogP contribution in [0.5, 0.6) is 0 Å². The first-order valence-electron chi connectivity index (χ1n) is 7.85. The summed E-state index contributed by atoms with van der Waals surface area (Å²) in [4.78, 5) is 14.5. The molecule has 0 heterocycles. The minimum absolute atomic E-state index is 0.0426. The third-order valence-corrected chi connectivity index (χ3v) is 4.73. The molecule has 1 amide bonds. The van der Waals surface area contributed by atoms with Crippen molar-refractivity contribution in [3.05, 3.63) is 99.1 Å². The largest absolute Gasteiger partial charge is 0.310 e. The van der Waals surface area contributed by atoms with Crippen molar-refractivity contribution in [2.45, 2.75) is 0 Å². The molecule has 122 valence electrons. The third kappa shape index (κ3) is 4.09. The average molecular weight is 437 g/mol. The van der Waals surface area contributed by atoms with Gasteiger partial charge in [-0.1, -0.05) is 54.3 Å². The molecule has 0 radical (unpaired) electrons. The molecule has 0 aromatic heterocycles. The molecule has 25 heavy (non-hydrogen) atoms. The van der Waals surface area contributed by atoms with Gasteiger partial charge in [0.25, 0.3) is 5.91 Å². The molecule has 0 aliphatic heterocycles. The van der Waals surface area contributed by atoms with Gasteiger partial charge in [-0.05, 0) is 59.0 Å². The zero-order chi connectivity index (χ0) is 17.6. The molecule has 3 rings (SSSR count). The molecule has 0 atom stereocenters. The van der Waals surface area contributed by atoms with Crippen LogP contribution in [0.4, 0.5) is 5.69 Å². The van der Waals surface area contributed by atoms with Crippen LogP contribution in [0.15, 0.2) is 78.9 Å². The van der Waals surface area contributed by atoms with E-state index in [9.17, 15) is 4.79 Å². The molecule has 3 aromatic carbocycles. The molecule has 0 spiro atoms. The Bertz CT molecular complexity index is 954. The van der Waals surface area contributed by atoms with E-state index in [-0.39, 0.29) is 5.91 Å². The Labute approximate surface area is 161 Å². The van der Waals surface area contributed by atoms with Crippen molar-refractivity contribution in [3.63, 3.8) is 0 Å². The van der Waals surface area contributed by atoms with E-state index in [4.69, 9.17) is 0 Å². The minimum Gasteiger partial charge on any atom is -0.310 e. The van der Waals surface area contributed by atoms with E-state index in [1.54, 1.807) is 11.9 Å². The van der Waals surface area contributed by atoms with Crippen LogP contribution in [0.3, 0.4) is 0 Å². The van der Waals surface area contributed by atoms with E-state index < -0.39 is 0 Å². The molecule has 0 unspecified atom stereocenters. The predicted molar refractivity (Wildman–Crippen MR) is 111 cm³/mol. The first-order chi connectivity index (χ1) is 12.2. The fraction of sp³-hybridized carbons (Fsp3) is 0.0455. The Hall–Kier alpha value is -2.58. The standard InChI is InChI=1S/C22H16INO/c1-24(22(25)19-12-6-7-13-20(19)23)21-14-8-5-11-18(21)16-15-17-9-3-2-4-10-17/h2-14H,1H3. The van der Waals surface area contributed by atoms with Gasteiger partial charge in [0, 0.05) is 21.7 Å². The maximum Gasteiger partial charge on any atom is 0.259 e. The molecule has 0 aliphatic rings. The molecule has 0 saturated heterocycles. The van der Waals surface area contributed by atoms with E-state index >= 15 is 0 Å². The first kappa shape index (κ1) is 17.2. The maximum absolute atomic E-state index is 12.9. The van der Waals surface area contributed by atoms with Crippen molar-refractivity contribution < 1.29 is 4.79 Å². The number of rotatable bonds is 2. The number of anilines is 1. The van der Waals surface area contributed by atoms with Crippen molar-refractivity contribution >= 4 is 34.2 Å². The van der Waals surface area contributed by atoms with Gasteiger partial charge in [-0.3, -0.25) is 4.79 Å². The number of carbonyl (C=O) groups is 1. The van der Waals surface area contributed by atoms with E-state index in [1.165, 1.54) is 0 Å². The summed E-state index contributed by atoms with van der Waals surface area (Å²) >= 11 is 2.19. The van der Waals surface area contributed by atoms with Gasteiger partial charge in [0.05, 0.1) is 11.3 Å². The average Bonchev–Trinajstić information content (AvgIpc) is 2.67. The molecule has 0 aliphatic carbocycles. The number of para-hydroxylation sites is 1. The van der Waals surface area contributed by atoms with E-state index in [0.29, 0.717) is 5.56 Å². The van der Waals surface area contributed by atoms with Crippen molar-refractivity contribution in [2.75, 3.05) is 11.9 Å². The summed E-state index contributed by atoms with van der Waals surface area (Å²) < 4.78 is 0.935. The van der Waals surface area contributed by atoms with Gasteiger partial charge in [0.15, 0.2) is 0 Å². The van der Waals surface area contributed by atoms with Crippen LogP contribution in [0.25, 0.3) is 0 Å². The van der Waals surface area contributed by atoms with E-state index in [1.807, 2.05) is 78.9 Å². The number of amides is 1. The molecule has 0 fully saturated rings. The number of halogens is 1. The number of nitrogens with zero attached hydrogens (tertiary/aromatic N) is 1. The Morgan fingerprint density at radius 2 is 1.48 bits per heavy atom. The van der Waals surface area contributed by atoms with Crippen molar-refractivity contribution in [2.24, 2.45) is 0 Å². The topological polar surface area (TPSA) is 20.3 Å². The molecule has 3 heteroatoms. The van der Waals surface area contributed by atoms with Gasteiger partial charge in [-0.25, -0.2) is 0 Å². The van der Waals surface area contributed by atoms with Gasteiger partial charge >= 0.3 is 0 Å². The van der Waals surface area contributed by atoms with Crippen LogP contribution in [0.1, 0.15) is 21.5 Å².